The minimum Gasteiger partial charge on any atom is -0.507 e. The monoisotopic (exact) mass is 645 g/mol. The van der Waals surface area contributed by atoms with Gasteiger partial charge in [0.1, 0.15) is 16.4 Å². The molecule has 12 heteroatoms. The third-order valence-electron chi connectivity index (χ3n) is 7.88. The lowest BCUT2D eigenvalue weighted by Crippen LogP contribution is -2.29. The largest absolute Gasteiger partial charge is 0.507 e. The molecule has 0 aliphatic heterocycles. The van der Waals surface area contributed by atoms with Crippen LogP contribution in [0.25, 0.3) is 10.9 Å². The number of pyridine rings is 1. The van der Waals surface area contributed by atoms with Crippen LogP contribution in [0.2, 0.25) is 0 Å². The van der Waals surface area contributed by atoms with Crippen LogP contribution in [0.15, 0.2) is 116 Å². The number of para-hydroxylation sites is 1. The minimum absolute atomic E-state index is 0.0111. The fraction of sp³-hybridized carbons (Fsp3) is 0.212. The smallest absolute Gasteiger partial charge is 0.343 e. The Labute approximate surface area is 260 Å². The zero-order valence-electron chi connectivity index (χ0n) is 24.3. The Morgan fingerprint density at radius 3 is 2.36 bits per heavy atom. The van der Waals surface area contributed by atoms with Gasteiger partial charge in [-0.25, -0.2) is 26.4 Å². The molecule has 10 nitrogen and oxygen atoms in total. The lowest BCUT2D eigenvalue weighted by atomic mass is 9.87. The lowest BCUT2D eigenvalue weighted by Gasteiger charge is -2.21. The van der Waals surface area contributed by atoms with Crippen LogP contribution in [-0.4, -0.2) is 26.9 Å². The van der Waals surface area contributed by atoms with Gasteiger partial charge in [0.25, 0.3) is 10.0 Å². The molecule has 45 heavy (non-hydrogen) atoms. The second-order valence-electron chi connectivity index (χ2n) is 11.0. The summed E-state index contributed by atoms with van der Waals surface area (Å²) >= 11 is 0. The summed E-state index contributed by atoms with van der Waals surface area (Å²) in [4.78, 5) is 17.8. The van der Waals surface area contributed by atoms with Gasteiger partial charge in [-0.05, 0) is 67.1 Å². The van der Waals surface area contributed by atoms with Crippen molar-refractivity contribution in [3.63, 3.8) is 0 Å². The molecule has 0 spiro atoms. The van der Waals surface area contributed by atoms with Gasteiger partial charge in [-0.3, -0.25) is 9.71 Å². The predicted octanol–water partition coefficient (Wildman–Crippen LogP) is 5.67. The van der Waals surface area contributed by atoms with E-state index in [9.17, 15) is 26.7 Å². The highest BCUT2D eigenvalue weighted by molar-refractivity contribution is 7.93. The van der Waals surface area contributed by atoms with Crippen molar-refractivity contribution in [2.24, 2.45) is 5.92 Å². The Bertz CT molecular complexity index is 2140. The van der Waals surface area contributed by atoms with E-state index in [-0.39, 0.29) is 44.9 Å². The maximum absolute atomic E-state index is 13.5. The number of fused-ring (bicyclic) bond motifs is 1. The van der Waals surface area contributed by atoms with E-state index in [4.69, 9.17) is 4.42 Å². The number of benzene rings is 3. The van der Waals surface area contributed by atoms with Crippen molar-refractivity contribution in [1.29, 1.82) is 0 Å². The van der Waals surface area contributed by atoms with Crippen molar-refractivity contribution in [1.82, 2.24) is 9.71 Å². The molecule has 1 aliphatic carbocycles. The van der Waals surface area contributed by atoms with Gasteiger partial charge in [-0.2, -0.15) is 0 Å². The second kappa shape index (κ2) is 12.1. The van der Waals surface area contributed by atoms with Crippen LogP contribution in [0.1, 0.15) is 55.0 Å². The van der Waals surface area contributed by atoms with Crippen LogP contribution >= 0.6 is 0 Å². The summed E-state index contributed by atoms with van der Waals surface area (Å²) in [7, 11) is -7.94. The Morgan fingerprint density at radius 2 is 1.64 bits per heavy atom. The molecule has 1 aliphatic rings. The molecule has 1 saturated carbocycles. The molecule has 2 heterocycles. The molecule has 2 unspecified atom stereocenters. The van der Waals surface area contributed by atoms with Crippen molar-refractivity contribution in [3.8, 4) is 5.75 Å². The normalized spacial score (nSPS) is 15.0. The zero-order valence-corrected chi connectivity index (χ0v) is 25.9. The first-order valence-corrected chi connectivity index (χ1v) is 17.4. The predicted molar refractivity (Wildman–Crippen MR) is 170 cm³/mol. The van der Waals surface area contributed by atoms with Gasteiger partial charge >= 0.3 is 5.63 Å². The van der Waals surface area contributed by atoms with Gasteiger partial charge in [0.15, 0.2) is 0 Å². The van der Waals surface area contributed by atoms with E-state index in [1.165, 1.54) is 30.5 Å². The van der Waals surface area contributed by atoms with Gasteiger partial charge in [0, 0.05) is 29.3 Å². The molecular formula is C33H31N3O7S2. The first-order chi connectivity index (χ1) is 21.6. The molecule has 1 fully saturated rings. The number of aromatic hydroxyl groups is 1. The average Bonchev–Trinajstić information content (AvgIpc) is 3.87. The van der Waals surface area contributed by atoms with Gasteiger partial charge in [-0.15, -0.1) is 0 Å². The zero-order chi connectivity index (χ0) is 31.8. The van der Waals surface area contributed by atoms with Crippen LogP contribution in [0, 0.1) is 5.92 Å². The molecule has 5 aromatic rings. The number of nitrogens with zero attached hydrogens (tertiary/aromatic N) is 1. The van der Waals surface area contributed by atoms with E-state index in [1.807, 2.05) is 0 Å². The summed E-state index contributed by atoms with van der Waals surface area (Å²) in [5.74, 6) is -0.872. The standard InChI is InChI=1S/C33H31N3O7S2/c1-2-26(36-44(39,40)25-13-4-3-5-14-25)28-20-27(37)31(33(38)43-28)30(21-16-17-21)23-10-6-12-24(19-23)35-45(41,42)29-15-7-9-22-11-8-18-34-32(22)29/h3-15,18-21,26,30,35-37H,2,16-17H2,1H3. The van der Waals surface area contributed by atoms with E-state index in [0.29, 0.717) is 16.5 Å². The van der Waals surface area contributed by atoms with Gasteiger partial charge in [0.05, 0.1) is 22.0 Å². The quantitative estimate of drug-likeness (QED) is 0.166. The summed E-state index contributed by atoms with van der Waals surface area (Å²) in [6.45, 7) is 1.73. The Hall–Kier alpha value is -4.52. The Kier molecular flexibility index (Phi) is 8.21. The fourth-order valence-electron chi connectivity index (χ4n) is 5.57. The SMILES string of the molecule is CCC(NS(=O)(=O)c1ccccc1)c1cc(O)c(C(c2cccc(NS(=O)(=O)c3cccc4cccnc34)c2)C2CC2)c(=O)o1. The molecule has 0 saturated heterocycles. The van der Waals surface area contributed by atoms with Gasteiger partial charge in [0.2, 0.25) is 10.0 Å². The molecule has 0 bridgehead atoms. The summed E-state index contributed by atoms with van der Waals surface area (Å²) < 4.78 is 63.6. The lowest BCUT2D eigenvalue weighted by molar-refractivity contribution is 0.373. The van der Waals surface area contributed by atoms with Crippen LogP contribution in [0.4, 0.5) is 5.69 Å². The highest BCUT2D eigenvalue weighted by Crippen LogP contribution is 2.48. The summed E-state index contributed by atoms with van der Waals surface area (Å²) in [6, 6.07) is 23.4. The number of aromatic nitrogens is 1. The maximum atomic E-state index is 13.5. The molecule has 3 N–H and O–H groups in total. The number of rotatable bonds is 11. The highest BCUT2D eigenvalue weighted by atomic mass is 32.2. The number of anilines is 1. The average molecular weight is 646 g/mol. The Balaban J connectivity index is 1.31. The number of nitrogens with one attached hydrogen (secondary N) is 2. The van der Waals surface area contributed by atoms with E-state index >= 15 is 0 Å². The Morgan fingerprint density at radius 1 is 0.911 bits per heavy atom. The molecule has 0 amide bonds. The van der Waals surface area contributed by atoms with E-state index in [2.05, 4.69) is 14.4 Å². The molecule has 3 aromatic carbocycles. The van der Waals surface area contributed by atoms with Crippen LogP contribution in [0.3, 0.4) is 0 Å². The summed E-state index contributed by atoms with van der Waals surface area (Å²) in [5.41, 5.74) is 0.514. The van der Waals surface area contributed by atoms with Crippen LogP contribution in [0.5, 0.6) is 5.75 Å². The topological polar surface area (TPSA) is 156 Å². The molecule has 2 atom stereocenters. The molecule has 0 radical (unpaired) electrons. The second-order valence-corrected chi connectivity index (χ2v) is 14.4. The third-order valence-corrected chi connectivity index (χ3v) is 10.8. The van der Waals surface area contributed by atoms with E-state index < -0.39 is 37.6 Å². The first kappa shape index (κ1) is 30.5. The van der Waals surface area contributed by atoms with Crippen molar-refractivity contribution >= 4 is 36.6 Å². The van der Waals surface area contributed by atoms with Gasteiger partial charge in [-0.1, -0.05) is 55.5 Å². The molecule has 2 aromatic heterocycles. The van der Waals surface area contributed by atoms with E-state index in [1.54, 1.807) is 73.7 Å². The molecular weight excluding hydrogens is 615 g/mol. The maximum Gasteiger partial charge on any atom is 0.343 e. The summed E-state index contributed by atoms with van der Waals surface area (Å²) in [5, 5.41) is 11.9. The fourth-order valence-corrected chi connectivity index (χ4v) is 8.11. The van der Waals surface area contributed by atoms with Crippen molar-refractivity contribution in [3.05, 3.63) is 124 Å². The van der Waals surface area contributed by atoms with Crippen molar-refractivity contribution < 1.29 is 26.4 Å². The number of hydrogen-bond donors (Lipinski definition) is 3. The van der Waals surface area contributed by atoms with Crippen molar-refractivity contribution in [2.45, 2.75) is 47.9 Å². The molecule has 232 valence electrons. The summed E-state index contributed by atoms with van der Waals surface area (Å²) in [6.07, 6.45) is 3.40. The van der Waals surface area contributed by atoms with Crippen LogP contribution in [-0.2, 0) is 20.0 Å². The van der Waals surface area contributed by atoms with Crippen molar-refractivity contribution in [2.75, 3.05) is 4.72 Å². The number of hydrogen-bond acceptors (Lipinski definition) is 8. The van der Waals surface area contributed by atoms with E-state index in [0.717, 1.165) is 12.8 Å². The first-order valence-electron chi connectivity index (χ1n) is 14.5. The minimum atomic E-state index is -4.02. The highest BCUT2D eigenvalue weighted by Gasteiger charge is 2.38. The third kappa shape index (κ3) is 6.35. The van der Waals surface area contributed by atoms with Crippen LogP contribution < -0.4 is 15.1 Å². The van der Waals surface area contributed by atoms with Gasteiger partial charge < -0.3 is 9.52 Å². The number of sulfonamides is 2. The molecule has 6 rings (SSSR count).